The number of aromatic nitrogens is 1. The summed E-state index contributed by atoms with van der Waals surface area (Å²) in [5.41, 5.74) is -1.26. The molecular weight excluding hydrogens is 458 g/mol. The lowest BCUT2D eigenvalue weighted by molar-refractivity contribution is -0.198. The number of thiazole rings is 1. The molecule has 1 aromatic heterocycles. The number of nitrogens with zero attached hydrogens (tertiary/aromatic N) is 2. The molecule has 1 N–H and O–H groups in total. The molecule has 0 spiro atoms. The van der Waals surface area contributed by atoms with Gasteiger partial charge in [0.25, 0.3) is 5.63 Å². The van der Waals surface area contributed by atoms with Crippen LogP contribution < -0.4 is 10.1 Å². The third-order valence-corrected chi connectivity index (χ3v) is 5.14. The first-order chi connectivity index (χ1) is 14.3. The normalized spacial score (nSPS) is 12.9. The van der Waals surface area contributed by atoms with Gasteiger partial charge in [-0.1, -0.05) is 47.5 Å². The maximum absolute atomic E-state index is 13.5. The Balaban J connectivity index is 1.82. The van der Waals surface area contributed by atoms with Gasteiger partial charge >= 0.3 is 6.11 Å². The van der Waals surface area contributed by atoms with Crippen LogP contribution in [0.25, 0.3) is 16.8 Å². The average molecular weight is 470 g/mol. The van der Waals surface area contributed by atoms with Crippen molar-refractivity contribution < 1.29 is 17.9 Å². The van der Waals surface area contributed by atoms with Gasteiger partial charge in [-0.15, -0.1) is 11.3 Å². The second-order valence-electron chi connectivity index (χ2n) is 5.82. The highest BCUT2D eigenvalue weighted by molar-refractivity contribution is 7.11. The van der Waals surface area contributed by atoms with Crippen molar-refractivity contribution in [2.24, 2.45) is 0 Å². The van der Waals surface area contributed by atoms with Crippen LogP contribution in [0.2, 0.25) is 5.02 Å². The number of halogens is 5. The van der Waals surface area contributed by atoms with Crippen molar-refractivity contribution in [3.63, 3.8) is 0 Å². The molecule has 3 rings (SSSR count). The number of hydrogen-bond donors (Lipinski definition) is 1. The zero-order chi connectivity index (χ0) is 21.7. The Morgan fingerprint density at radius 3 is 2.60 bits per heavy atom. The third-order valence-electron chi connectivity index (χ3n) is 3.75. The van der Waals surface area contributed by atoms with Crippen LogP contribution in [0, 0.1) is 11.3 Å². The van der Waals surface area contributed by atoms with Crippen LogP contribution in [0.4, 0.5) is 18.9 Å². The van der Waals surface area contributed by atoms with Crippen molar-refractivity contribution >= 4 is 45.8 Å². The van der Waals surface area contributed by atoms with Crippen LogP contribution in [-0.2, 0) is 0 Å². The van der Waals surface area contributed by atoms with Crippen LogP contribution in [-0.4, -0.2) is 16.7 Å². The van der Waals surface area contributed by atoms with Crippen LogP contribution in [0.1, 0.15) is 5.01 Å². The monoisotopic (exact) mass is 469 g/mol. The van der Waals surface area contributed by atoms with E-state index in [1.54, 1.807) is 35.7 Å². The molecule has 4 nitrogen and oxygen atoms in total. The van der Waals surface area contributed by atoms with E-state index >= 15 is 0 Å². The number of hydrogen-bond acceptors (Lipinski definition) is 5. The Morgan fingerprint density at radius 1 is 1.23 bits per heavy atom. The first kappa shape index (κ1) is 22.0. The van der Waals surface area contributed by atoms with Crippen molar-refractivity contribution in [3.8, 4) is 23.1 Å². The number of anilines is 1. The fourth-order valence-electron chi connectivity index (χ4n) is 2.31. The molecular formula is C20H12Cl2F3N3OS. The minimum atomic E-state index is -4.22. The number of para-hydroxylation sites is 2. The Labute approximate surface area is 184 Å². The number of rotatable bonds is 7. The summed E-state index contributed by atoms with van der Waals surface area (Å²) in [6.45, 7) is 0. The van der Waals surface area contributed by atoms with Crippen molar-refractivity contribution in [1.82, 2.24) is 4.98 Å². The molecule has 0 bridgehead atoms. The second kappa shape index (κ2) is 9.39. The summed E-state index contributed by atoms with van der Waals surface area (Å²) in [7, 11) is 0. The number of ether oxygens (including phenoxy) is 1. The van der Waals surface area contributed by atoms with Gasteiger partial charge in [0.15, 0.2) is 0 Å². The molecule has 0 radical (unpaired) electrons. The summed E-state index contributed by atoms with van der Waals surface area (Å²) in [5, 5.41) is 15.0. The molecule has 0 unspecified atom stereocenters. The molecule has 0 amide bonds. The number of nitriles is 1. The van der Waals surface area contributed by atoms with Gasteiger partial charge in [0.2, 0.25) is 0 Å². The van der Waals surface area contributed by atoms with Gasteiger partial charge in [0, 0.05) is 22.2 Å². The SMILES string of the molecule is N#C/C(=C\Nc1ccccc1OC(F)(F)[C@H](F)Cl)c1nc(-c2ccc(Cl)cc2)cs1. The van der Waals surface area contributed by atoms with Gasteiger partial charge < -0.3 is 10.1 Å². The molecule has 30 heavy (non-hydrogen) atoms. The third kappa shape index (κ3) is 5.25. The minimum Gasteiger partial charge on any atom is -0.427 e. The molecule has 1 atom stereocenters. The molecule has 154 valence electrons. The summed E-state index contributed by atoms with van der Waals surface area (Å²) in [4.78, 5) is 4.43. The highest BCUT2D eigenvalue weighted by Gasteiger charge is 2.42. The summed E-state index contributed by atoms with van der Waals surface area (Å²) >= 11 is 12.0. The second-order valence-corrected chi connectivity index (χ2v) is 7.50. The van der Waals surface area contributed by atoms with Crippen molar-refractivity contribution in [3.05, 3.63) is 70.1 Å². The van der Waals surface area contributed by atoms with E-state index in [1.165, 1.54) is 35.7 Å². The predicted octanol–water partition coefficient (Wildman–Crippen LogP) is 6.95. The van der Waals surface area contributed by atoms with E-state index in [1.807, 2.05) is 6.07 Å². The fourth-order valence-corrected chi connectivity index (χ4v) is 3.27. The van der Waals surface area contributed by atoms with Gasteiger partial charge in [0.05, 0.1) is 11.4 Å². The topological polar surface area (TPSA) is 57.9 Å². The Hall–Kier alpha value is -2.73. The smallest absolute Gasteiger partial charge is 0.427 e. The quantitative estimate of drug-likeness (QED) is 0.300. The van der Waals surface area contributed by atoms with Crippen LogP contribution >= 0.6 is 34.5 Å². The van der Waals surface area contributed by atoms with Crippen molar-refractivity contribution in [2.75, 3.05) is 5.32 Å². The standard InChI is InChI=1S/C20H12Cl2F3N3OS/c21-14-7-5-12(6-8-14)16-11-30-18(28-16)13(9-26)10-27-15-3-1-2-4-17(15)29-20(24,25)19(22)23/h1-8,10-11,19,27H/b13-10+/t19-/m0/s1. The van der Waals surface area contributed by atoms with E-state index in [0.717, 1.165) is 5.56 Å². The molecule has 0 aliphatic rings. The number of benzene rings is 2. The predicted molar refractivity (Wildman–Crippen MR) is 113 cm³/mol. The fraction of sp³-hybridized carbons (Fsp3) is 0.100. The van der Waals surface area contributed by atoms with E-state index in [9.17, 15) is 18.4 Å². The lowest BCUT2D eigenvalue weighted by atomic mass is 10.2. The zero-order valence-electron chi connectivity index (χ0n) is 15.0. The van der Waals surface area contributed by atoms with E-state index in [0.29, 0.717) is 15.7 Å². The number of allylic oxidation sites excluding steroid dienone is 1. The zero-order valence-corrected chi connectivity index (χ0v) is 17.3. The summed E-state index contributed by atoms with van der Waals surface area (Å²) < 4.78 is 44.2. The highest BCUT2D eigenvalue weighted by atomic mass is 35.5. The summed E-state index contributed by atoms with van der Waals surface area (Å²) in [6.07, 6.45) is -2.91. The number of alkyl halides is 4. The molecule has 10 heteroatoms. The molecule has 0 fully saturated rings. The molecule has 0 saturated heterocycles. The van der Waals surface area contributed by atoms with Crippen molar-refractivity contribution in [1.29, 1.82) is 5.26 Å². The Bertz CT molecular complexity index is 1100. The molecule has 3 aromatic rings. The maximum atomic E-state index is 13.5. The Morgan fingerprint density at radius 2 is 1.93 bits per heavy atom. The van der Waals surface area contributed by atoms with Gasteiger partial charge in [-0.3, -0.25) is 0 Å². The van der Waals surface area contributed by atoms with Crippen LogP contribution in [0.5, 0.6) is 5.75 Å². The molecule has 2 aromatic carbocycles. The van der Waals surface area contributed by atoms with Crippen molar-refractivity contribution in [2.45, 2.75) is 11.7 Å². The van der Waals surface area contributed by atoms with Crippen LogP contribution in [0.15, 0.2) is 60.1 Å². The van der Waals surface area contributed by atoms with Gasteiger partial charge in [-0.05, 0) is 24.3 Å². The van der Waals surface area contributed by atoms with E-state index in [2.05, 4.69) is 15.0 Å². The van der Waals surface area contributed by atoms with E-state index < -0.39 is 11.7 Å². The molecule has 0 aliphatic carbocycles. The maximum Gasteiger partial charge on any atom is 0.444 e. The van der Waals surface area contributed by atoms with Gasteiger partial charge in [0.1, 0.15) is 22.4 Å². The van der Waals surface area contributed by atoms with Crippen LogP contribution in [0.3, 0.4) is 0 Å². The first-order valence-corrected chi connectivity index (χ1v) is 10.0. The van der Waals surface area contributed by atoms with Gasteiger partial charge in [-0.2, -0.15) is 14.0 Å². The van der Waals surface area contributed by atoms with E-state index in [-0.39, 0.29) is 17.0 Å². The largest absolute Gasteiger partial charge is 0.444 e. The van der Waals surface area contributed by atoms with Gasteiger partial charge in [-0.25, -0.2) is 9.37 Å². The minimum absolute atomic E-state index is 0.0942. The molecule has 0 saturated carbocycles. The lowest BCUT2D eigenvalue weighted by Gasteiger charge is -2.19. The van der Waals surface area contributed by atoms with E-state index in [4.69, 9.17) is 23.2 Å². The summed E-state index contributed by atoms with van der Waals surface area (Å²) in [5.74, 6) is -0.333. The average Bonchev–Trinajstić information content (AvgIpc) is 3.20. The molecule has 1 heterocycles. The lowest BCUT2D eigenvalue weighted by Crippen LogP contribution is -2.33. The first-order valence-electron chi connectivity index (χ1n) is 8.33. The molecule has 0 aliphatic heterocycles. The Kier molecular flexibility index (Phi) is 6.87. The number of nitrogens with one attached hydrogen (secondary N) is 1. The highest BCUT2D eigenvalue weighted by Crippen LogP contribution is 2.34. The summed E-state index contributed by atoms with van der Waals surface area (Å²) in [6, 6.07) is 14.7.